The Labute approximate surface area is 225 Å². The van der Waals surface area contributed by atoms with Crippen LogP contribution in [0.25, 0.3) is 33.5 Å². The third kappa shape index (κ3) is 5.15. The Bertz CT molecular complexity index is 1720. The number of aliphatic hydroxyl groups excluding tert-OH is 1. The number of nitrogens with one attached hydrogen (secondary N) is 3. The first-order chi connectivity index (χ1) is 19.2. The molecule has 6 rings (SSSR count). The summed E-state index contributed by atoms with van der Waals surface area (Å²) in [6.07, 6.45) is 3.93. The highest BCUT2D eigenvalue weighted by Crippen LogP contribution is 2.33. The van der Waals surface area contributed by atoms with Gasteiger partial charge in [-0.05, 0) is 35.7 Å². The van der Waals surface area contributed by atoms with Crippen molar-refractivity contribution in [3.63, 3.8) is 0 Å². The molecule has 5 aromatic rings. The summed E-state index contributed by atoms with van der Waals surface area (Å²) in [6, 6.07) is 25.9. The highest BCUT2D eigenvalue weighted by atomic mass is 16.3. The standard InChI is InChI=1S/C31H28N6O2/c38-19-21(15-20-7-3-1-4-8-20)18-35-25-11-12-34-31(39)27(25)30-36-26-17-23(29-32-13-14-33-29)16-24(28(26)37-30)22-9-5-2-6-10-22/h1-12,16-18,21,38H,13-15,19H2,(H,32,33)(H,34,39)(H,36,37). The van der Waals surface area contributed by atoms with Crippen molar-refractivity contribution in [2.24, 2.45) is 15.9 Å². The Morgan fingerprint density at radius 3 is 2.54 bits per heavy atom. The maximum Gasteiger partial charge on any atom is 0.261 e. The molecule has 0 saturated heterocycles. The lowest BCUT2D eigenvalue weighted by Crippen LogP contribution is -2.19. The van der Waals surface area contributed by atoms with Crippen LogP contribution in [0.5, 0.6) is 0 Å². The molecule has 0 saturated carbocycles. The number of H-pyrrole nitrogens is 2. The lowest BCUT2D eigenvalue weighted by Gasteiger charge is -2.09. The van der Waals surface area contributed by atoms with E-state index in [0.717, 1.165) is 52.2 Å². The predicted octanol–water partition coefficient (Wildman–Crippen LogP) is 4.49. The fourth-order valence-corrected chi connectivity index (χ4v) is 4.87. The van der Waals surface area contributed by atoms with Gasteiger partial charge in [-0.1, -0.05) is 60.7 Å². The number of aromatic amines is 2. The van der Waals surface area contributed by atoms with Crippen LogP contribution in [0.2, 0.25) is 0 Å². The number of aliphatic imine (C=N–C) groups is 2. The number of nitrogens with zero attached hydrogens (tertiary/aromatic N) is 3. The zero-order valence-electron chi connectivity index (χ0n) is 21.3. The van der Waals surface area contributed by atoms with E-state index in [1.165, 1.54) is 0 Å². The van der Waals surface area contributed by atoms with E-state index < -0.39 is 0 Å². The number of fused-ring (bicyclic) bond motifs is 1. The van der Waals surface area contributed by atoms with E-state index in [1.807, 2.05) is 66.7 Å². The van der Waals surface area contributed by atoms with Crippen LogP contribution < -0.4 is 10.9 Å². The molecule has 3 heterocycles. The predicted molar refractivity (Wildman–Crippen MR) is 156 cm³/mol. The van der Waals surface area contributed by atoms with Crippen molar-refractivity contribution >= 4 is 28.8 Å². The minimum Gasteiger partial charge on any atom is -0.396 e. The maximum absolute atomic E-state index is 13.1. The van der Waals surface area contributed by atoms with Gasteiger partial charge in [0.05, 0.1) is 29.9 Å². The summed E-state index contributed by atoms with van der Waals surface area (Å²) in [5, 5.41) is 13.3. The number of aliphatic hydroxyl groups is 1. The van der Waals surface area contributed by atoms with Crippen LogP contribution in [-0.2, 0) is 6.42 Å². The van der Waals surface area contributed by atoms with Gasteiger partial charge >= 0.3 is 0 Å². The molecule has 1 aliphatic heterocycles. The summed E-state index contributed by atoms with van der Waals surface area (Å²) in [7, 11) is 0. The Morgan fingerprint density at radius 2 is 1.79 bits per heavy atom. The molecule has 3 aromatic carbocycles. The average Bonchev–Trinajstić information content (AvgIpc) is 3.66. The summed E-state index contributed by atoms with van der Waals surface area (Å²) in [5.41, 5.74) is 6.12. The number of pyridine rings is 1. The van der Waals surface area contributed by atoms with Crippen molar-refractivity contribution in [1.29, 1.82) is 0 Å². The number of rotatable bonds is 8. The first-order valence-corrected chi connectivity index (χ1v) is 13.0. The van der Waals surface area contributed by atoms with Crippen LogP contribution in [-0.4, -0.2) is 51.8 Å². The normalized spacial score (nSPS) is 14.0. The third-order valence-electron chi connectivity index (χ3n) is 6.79. The lowest BCUT2D eigenvalue weighted by molar-refractivity contribution is 0.263. The monoisotopic (exact) mass is 516 g/mol. The van der Waals surface area contributed by atoms with Gasteiger partial charge in [0.2, 0.25) is 0 Å². The van der Waals surface area contributed by atoms with Crippen LogP contribution in [0, 0.1) is 5.92 Å². The van der Waals surface area contributed by atoms with Gasteiger partial charge in [-0.25, -0.2) is 4.98 Å². The largest absolute Gasteiger partial charge is 0.396 e. The number of amidine groups is 1. The molecule has 0 amide bonds. The van der Waals surface area contributed by atoms with Gasteiger partial charge in [-0.3, -0.25) is 14.8 Å². The Balaban J connectivity index is 1.43. The zero-order valence-corrected chi connectivity index (χ0v) is 21.3. The molecule has 1 atom stereocenters. The summed E-state index contributed by atoms with van der Waals surface area (Å²) in [5.74, 6) is 1.09. The number of hydrogen-bond donors (Lipinski definition) is 4. The topological polar surface area (TPSA) is 119 Å². The number of hydrogen-bond acceptors (Lipinski definition) is 6. The number of imidazole rings is 1. The van der Waals surface area contributed by atoms with E-state index >= 15 is 0 Å². The smallest absolute Gasteiger partial charge is 0.261 e. The van der Waals surface area contributed by atoms with Crippen molar-refractivity contribution < 1.29 is 5.11 Å². The maximum atomic E-state index is 13.1. The quantitative estimate of drug-likeness (QED) is 0.227. The first-order valence-electron chi connectivity index (χ1n) is 13.0. The molecule has 1 aliphatic rings. The van der Waals surface area contributed by atoms with Gasteiger partial charge in [0.15, 0.2) is 0 Å². The number of aromatic nitrogens is 3. The van der Waals surface area contributed by atoms with Crippen molar-refractivity contribution in [3.05, 3.63) is 107 Å². The molecule has 0 bridgehead atoms. The van der Waals surface area contributed by atoms with E-state index in [2.05, 4.69) is 31.3 Å². The van der Waals surface area contributed by atoms with Crippen molar-refractivity contribution in [1.82, 2.24) is 20.3 Å². The van der Waals surface area contributed by atoms with Gasteiger partial charge in [0.25, 0.3) is 5.56 Å². The van der Waals surface area contributed by atoms with Crippen molar-refractivity contribution in [2.75, 3.05) is 19.7 Å². The molecular weight excluding hydrogens is 488 g/mol. The van der Waals surface area contributed by atoms with Crippen LogP contribution >= 0.6 is 0 Å². The minimum atomic E-state index is -0.296. The van der Waals surface area contributed by atoms with E-state index in [0.29, 0.717) is 23.5 Å². The average molecular weight is 517 g/mol. The van der Waals surface area contributed by atoms with Crippen molar-refractivity contribution in [3.8, 4) is 22.5 Å². The second-order valence-corrected chi connectivity index (χ2v) is 9.51. The van der Waals surface area contributed by atoms with Crippen LogP contribution in [0.1, 0.15) is 11.1 Å². The highest BCUT2D eigenvalue weighted by Gasteiger charge is 2.19. The Hall–Kier alpha value is -4.82. The molecule has 0 radical (unpaired) electrons. The second-order valence-electron chi connectivity index (χ2n) is 9.51. The van der Waals surface area contributed by atoms with Gasteiger partial charge < -0.3 is 20.4 Å². The van der Waals surface area contributed by atoms with E-state index in [-0.39, 0.29) is 18.1 Å². The van der Waals surface area contributed by atoms with Crippen LogP contribution in [0.15, 0.2) is 99.8 Å². The summed E-state index contributed by atoms with van der Waals surface area (Å²) in [6.45, 7) is 1.49. The molecule has 2 aromatic heterocycles. The van der Waals surface area contributed by atoms with Gasteiger partial charge in [0.1, 0.15) is 17.2 Å². The van der Waals surface area contributed by atoms with Crippen molar-refractivity contribution in [2.45, 2.75) is 6.42 Å². The van der Waals surface area contributed by atoms with Gasteiger partial charge in [-0.2, -0.15) is 0 Å². The SMILES string of the molecule is O=c1[nH]ccc(N=CC(CO)Cc2ccccc2)c1-c1nc2c(-c3ccccc3)cc(C3=NCCN3)cc2[nH]1. The highest BCUT2D eigenvalue weighted by molar-refractivity contribution is 6.06. The molecular formula is C31H28N6O2. The third-order valence-corrected chi connectivity index (χ3v) is 6.79. The minimum absolute atomic E-state index is 0.0529. The van der Waals surface area contributed by atoms with Crippen LogP contribution in [0.4, 0.5) is 5.69 Å². The Morgan fingerprint density at radius 1 is 1.00 bits per heavy atom. The fourth-order valence-electron chi connectivity index (χ4n) is 4.87. The summed E-state index contributed by atoms with van der Waals surface area (Å²) < 4.78 is 0. The summed E-state index contributed by atoms with van der Waals surface area (Å²) >= 11 is 0. The first kappa shape index (κ1) is 24.5. The summed E-state index contributed by atoms with van der Waals surface area (Å²) in [4.78, 5) is 33.4. The molecule has 194 valence electrons. The van der Waals surface area contributed by atoms with E-state index in [9.17, 15) is 9.90 Å². The molecule has 0 fully saturated rings. The molecule has 8 nitrogen and oxygen atoms in total. The second kappa shape index (κ2) is 10.9. The van der Waals surface area contributed by atoms with Gasteiger partial charge in [0, 0.05) is 36.0 Å². The van der Waals surface area contributed by atoms with E-state index in [4.69, 9.17) is 4.98 Å². The molecule has 8 heteroatoms. The molecule has 0 aliphatic carbocycles. The fraction of sp³-hybridized carbons (Fsp3) is 0.161. The lowest BCUT2D eigenvalue weighted by atomic mass is 10.0. The molecule has 4 N–H and O–H groups in total. The van der Waals surface area contributed by atoms with E-state index in [1.54, 1.807) is 18.5 Å². The molecule has 0 spiro atoms. The van der Waals surface area contributed by atoms with Gasteiger partial charge in [-0.15, -0.1) is 0 Å². The number of benzene rings is 3. The van der Waals surface area contributed by atoms with Crippen LogP contribution in [0.3, 0.4) is 0 Å². The Kier molecular flexibility index (Phi) is 6.84. The zero-order chi connectivity index (χ0) is 26.6. The molecule has 1 unspecified atom stereocenters. The molecule has 39 heavy (non-hydrogen) atoms.